The Kier molecular flexibility index (Phi) is 4.41. The fourth-order valence-electron chi connectivity index (χ4n) is 2.24. The zero-order chi connectivity index (χ0) is 15.5. The minimum Gasteiger partial charge on any atom is -0.298 e. The number of hydrogen-bond donors (Lipinski definition) is 0. The molecule has 0 spiro atoms. The van der Waals surface area contributed by atoms with E-state index in [1.54, 1.807) is 13.3 Å². The van der Waals surface area contributed by atoms with Crippen molar-refractivity contribution in [2.24, 2.45) is 4.99 Å². The zero-order valence-electron chi connectivity index (χ0n) is 11.9. The van der Waals surface area contributed by atoms with Crippen molar-refractivity contribution in [2.45, 2.75) is 0 Å². The Hall–Kier alpha value is -1.91. The molecule has 110 valence electrons. The van der Waals surface area contributed by atoms with E-state index in [9.17, 15) is 0 Å². The number of rotatable bonds is 3. The second-order valence-electron chi connectivity index (χ2n) is 4.69. The lowest BCUT2D eigenvalue weighted by atomic mass is 10.1. The summed E-state index contributed by atoms with van der Waals surface area (Å²) in [4.78, 5) is 8.71. The molecule has 0 aliphatic carbocycles. The standard InChI is InChI=1S/C17H13BrClN3/c1-20-10-2-3-15-17(12-4-7-14(19)8-5-12)21-16-9-6-13(18)11-22(15)16/h2-11H,1H3/b3-2+,20-10?. The molecular formula is C17H13BrClN3. The second kappa shape index (κ2) is 6.46. The number of halogens is 2. The molecule has 22 heavy (non-hydrogen) atoms. The van der Waals surface area contributed by atoms with Crippen molar-refractivity contribution in [1.29, 1.82) is 0 Å². The van der Waals surface area contributed by atoms with E-state index in [0.717, 1.165) is 27.1 Å². The largest absolute Gasteiger partial charge is 0.298 e. The highest BCUT2D eigenvalue weighted by molar-refractivity contribution is 9.10. The van der Waals surface area contributed by atoms with Gasteiger partial charge in [0.15, 0.2) is 0 Å². The number of aromatic nitrogens is 2. The number of allylic oxidation sites excluding steroid dienone is 1. The molecule has 5 heteroatoms. The van der Waals surface area contributed by atoms with Crippen molar-refractivity contribution in [3.63, 3.8) is 0 Å². The highest BCUT2D eigenvalue weighted by atomic mass is 79.9. The first kappa shape index (κ1) is 15.0. The van der Waals surface area contributed by atoms with E-state index >= 15 is 0 Å². The molecule has 0 N–H and O–H groups in total. The molecule has 2 heterocycles. The Balaban J connectivity index is 2.23. The summed E-state index contributed by atoms with van der Waals surface area (Å²) >= 11 is 9.48. The molecule has 0 atom stereocenters. The highest BCUT2D eigenvalue weighted by Gasteiger charge is 2.12. The molecule has 0 aliphatic heterocycles. The number of nitrogens with zero attached hydrogens (tertiary/aromatic N) is 3. The van der Waals surface area contributed by atoms with Crippen LogP contribution in [0.1, 0.15) is 5.69 Å². The summed E-state index contributed by atoms with van der Waals surface area (Å²) < 4.78 is 3.05. The van der Waals surface area contributed by atoms with E-state index < -0.39 is 0 Å². The zero-order valence-corrected chi connectivity index (χ0v) is 14.2. The Morgan fingerprint density at radius 1 is 1.18 bits per heavy atom. The molecule has 1 aromatic carbocycles. The van der Waals surface area contributed by atoms with Gasteiger partial charge in [-0.3, -0.25) is 9.39 Å². The fraction of sp³-hybridized carbons (Fsp3) is 0.0588. The van der Waals surface area contributed by atoms with Gasteiger partial charge in [0, 0.05) is 34.5 Å². The number of pyridine rings is 1. The van der Waals surface area contributed by atoms with Crippen LogP contribution >= 0.6 is 27.5 Å². The molecule has 3 aromatic rings. The van der Waals surface area contributed by atoms with E-state index in [1.807, 2.05) is 59.1 Å². The van der Waals surface area contributed by atoms with Crippen molar-refractivity contribution < 1.29 is 0 Å². The van der Waals surface area contributed by atoms with Crippen molar-refractivity contribution >= 4 is 45.5 Å². The van der Waals surface area contributed by atoms with Crippen LogP contribution in [0.5, 0.6) is 0 Å². The summed E-state index contributed by atoms with van der Waals surface area (Å²) in [5, 5.41) is 0.713. The third-order valence-corrected chi connectivity index (χ3v) is 3.95. The molecule has 3 nitrogen and oxygen atoms in total. The molecule has 0 radical (unpaired) electrons. The van der Waals surface area contributed by atoms with Crippen LogP contribution in [0.2, 0.25) is 5.02 Å². The van der Waals surface area contributed by atoms with Crippen LogP contribution < -0.4 is 0 Å². The summed E-state index contributed by atoms with van der Waals surface area (Å²) in [5.74, 6) is 0. The lowest BCUT2D eigenvalue weighted by molar-refractivity contribution is 1.16. The summed E-state index contributed by atoms with van der Waals surface area (Å²) in [5.41, 5.74) is 3.83. The van der Waals surface area contributed by atoms with Gasteiger partial charge in [0.2, 0.25) is 0 Å². The maximum atomic E-state index is 5.98. The number of benzene rings is 1. The molecular weight excluding hydrogens is 362 g/mol. The molecule has 0 aliphatic rings. The minimum absolute atomic E-state index is 0.713. The normalized spacial score (nSPS) is 12.0. The lowest BCUT2D eigenvalue weighted by Crippen LogP contribution is -1.88. The van der Waals surface area contributed by atoms with Gasteiger partial charge in [-0.2, -0.15) is 0 Å². The van der Waals surface area contributed by atoms with Gasteiger partial charge in [0.1, 0.15) is 5.65 Å². The summed E-state index contributed by atoms with van der Waals surface area (Å²) in [6.07, 6.45) is 7.67. The first-order chi connectivity index (χ1) is 10.7. The van der Waals surface area contributed by atoms with Gasteiger partial charge in [0.25, 0.3) is 0 Å². The number of aliphatic imine (C=N–C) groups is 1. The minimum atomic E-state index is 0.713. The predicted octanol–water partition coefficient (Wildman–Crippen LogP) is 5.13. The maximum absolute atomic E-state index is 5.98. The molecule has 0 amide bonds. The topological polar surface area (TPSA) is 29.7 Å². The first-order valence-corrected chi connectivity index (χ1v) is 7.88. The Morgan fingerprint density at radius 2 is 1.95 bits per heavy atom. The van der Waals surface area contributed by atoms with Gasteiger partial charge in [0.05, 0.1) is 11.4 Å². The maximum Gasteiger partial charge on any atom is 0.138 e. The summed E-state index contributed by atoms with van der Waals surface area (Å²) in [6, 6.07) is 11.7. The molecule has 0 bridgehead atoms. The van der Waals surface area contributed by atoms with Crippen LogP contribution in [0.25, 0.3) is 23.0 Å². The third-order valence-electron chi connectivity index (χ3n) is 3.23. The van der Waals surface area contributed by atoms with Crippen LogP contribution in [-0.4, -0.2) is 22.6 Å². The van der Waals surface area contributed by atoms with E-state index in [1.165, 1.54) is 0 Å². The molecule has 3 rings (SSSR count). The number of hydrogen-bond acceptors (Lipinski definition) is 2. The monoisotopic (exact) mass is 373 g/mol. The number of imidazole rings is 1. The molecule has 0 unspecified atom stereocenters. The van der Waals surface area contributed by atoms with Crippen LogP contribution in [-0.2, 0) is 0 Å². The van der Waals surface area contributed by atoms with E-state index in [-0.39, 0.29) is 0 Å². The van der Waals surface area contributed by atoms with Gasteiger partial charge in [-0.1, -0.05) is 23.7 Å². The second-order valence-corrected chi connectivity index (χ2v) is 6.05. The molecule has 0 saturated heterocycles. The van der Waals surface area contributed by atoms with Gasteiger partial charge >= 0.3 is 0 Å². The van der Waals surface area contributed by atoms with Gasteiger partial charge in [-0.05, 0) is 52.3 Å². The van der Waals surface area contributed by atoms with E-state index in [0.29, 0.717) is 5.02 Å². The van der Waals surface area contributed by atoms with Gasteiger partial charge < -0.3 is 0 Å². The fourth-order valence-corrected chi connectivity index (χ4v) is 2.70. The van der Waals surface area contributed by atoms with Crippen molar-refractivity contribution in [3.8, 4) is 11.3 Å². The average molecular weight is 375 g/mol. The number of fused-ring (bicyclic) bond motifs is 1. The van der Waals surface area contributed by atoms with Crippen LogP contribution in [0.3, 0.4) is 0 Å². The smallest absolute Gasteiger partial charge is 0.138 e. The molecule has 0 saturated carbocycles. The molecule has 2 aromatic heterocycles. The van der Waals surface area contributed by atoms with Crippen molar-refractivity contribution in [3.05, 3.63) is 63.9 Å². The van der Waals surface area contributed by atoms with Crippen molar-refractivity contribution in [1.82, 2.24) is 9.38 Å². The SMILES string of the molecule is CN=C/C=C/c1c(-c2ccc(Cl)cc2)nc2ccc(Br)cn12. The van der Waals surface area contributed by atoms with Gasteiger partial charge in [-0.25, -0.2) is 4.98 Å². The quantitative estimate of drug-likeness (QED) is 0.584. The van der Waals surface area contributed by atoms with Crippen LogP contribution in [0, 0.1) is 0 Å². The Bertz CT molecular complexity index is 863. The average Bonchev–Trinajstić information content (AvgIpc) is 2.86. The Morgan fingerprint density at radius 3 is 2.68 bits per heavy atom. The van der Waals surface area contributed by atoms with E-state index in [2.05, 4.69) is 20.9 Å². The molecule has 0 fully saturated rings. The van der Waals surface area contributed by atoms with Gasteiger partial charge in [-0.15, -0.1) is 0 Å². The Labute approximate surface area is 142 Å². The van der Waals surface area contributed by atoms with E-state index in [4.69, 9.17) is 16.6 Å². The predicted molar refractivity (Wildman–Crippen MR) is 96.8 cm³/mol. The highest BCUT2D eigenvalue weighted by Crippen LogP contribution is 2.27. The van der Waals surface area contributed by atoms with Crippen LogP contribution in [0.4, 0.5) is 0 Å². The third kappa shape index (κ3) is 2.98. The van der Waals surface area contributed by atoms with Crippen molar-refractivity contribution in [2.75, 3.05) is 7.05 Å². The first-order valence-electron chi connectivity index (χ1n) is 6.71. The lowest BCUT2D eigenvalue weighted by Gasteiger charge is -2.01. The summed E-state index contributed by atoms with van der Waals surface area (Å²) in [7, 11) is 1.75. The van der Waals surface area contributed by atoms with Crippen LogP contribution in [0.15, 0.2) is 58.1 Å². The summed E-state index contributed by atoms with van der Waals surface area (Å²) in [6.45, 7) is 0.